The number of carbonyl (C=O) groups excluding carboxylic acids is 1. The molecule has 1 aromatic heterocycles. The summed E-state index contributed by atoms with van der Waals surface area (Å²) in [5, 5.41) is 3.09. The van der Waals surface area contributed by atoms with Crippen LogP contribution in [0.25, 0.3) is 0 Å². The van der Waals surface area contributed by atoms with Crippen molar-refractivity contribution < 1.29 is 4.79 Å². The molecule has 1 aromatic rings. The Labute approximate surface area is 156 Å². The predicted molar refractivity (Wildman–Crippen MR) is 103 cm³/mol. The van der Waals surface area contributed by atoms with Crippen LogP contribution in [0, 0.1) is 0 Å². The molecule has 0 radical (unpaired) electrons. The number of amides is 2. The van der Waals surface area contributed by atoms with Crippen LogP contribution in [0.15, 0.2) is 30.6 Å². The number of hydrogen-bond acceptors (Lipinski definition) is 5. The van der Waals surface area contributed by atoms with Crippen molar-refractivity contribution in [3.8, 4) is 0 Å². The van der Waals surface area contributed by atoms with Gasteiger partial charge in [-0.05, 0) is 12.5 Å². The Hall–Kier alpha value is -2.15. The molecule has 1 atom stereocenters. The molecule has 0 aromatic carbocycles. The normalized spacial score (nSPS) is 20.6. The second-order valence-corrected chi connectivity index (χ2v) is 6.90. The second-order valence-electron chi connectivity index (χ2n) is 6.90. The van der Waals surface area contributed by atoms with Crippen molar-refractivity contribution in [2.45, 2.75) is 32.2 Å². The molecule has 142 valence electrons. The molecular formula is C19H30N6O. The van der Waals surface area contributed by atoms with Gasteiger partial charge in [-0.2, -0.15) is 0 Å². The highest BCUT2D eigenvalue weighted by molar-refractivity contribution is 5.75. The number of hydrogen-bond donors (Lipinski definition) is 1. The van der Waals surface area contributed by atoms with Crippen LogP contribution in [-0.2, 0) is 0 Å². The maximum atomic E-state index is 12.4. The van der Waals surface area contributed by atoms with E-state index in [9.17, 15) is 4.79 Å². The Kier molecular flexibility index (Phi) is 6.82. The third kappa shape index (κ3) is 4.94. The van der Waals surface area contributed by atoms with Gasteiger partial charge in [-0.3, -0.25) is 4.90 Å². The van der Waals surface area contributed by atoms with Crippen LogP contribution in [0.4, 0.5) is 10.7 Å². The highest BCUT2D eigenvalue weighted by Gasteiger charge is 2.24. The van der Waals surface area contributed by atoms with Gasteiger partial charge in [0.2, 0.25) is 5.95 Å². The molecule has 1 fully saturated rings. The van der Waals surface area contributed by atoms with E-state index < -0.39 is 0 Å². The minimum atomic E-state index is 0.0624. The van der Waals surface area contributed by atoms with E-state index in [1.807, 2.05) is 11.0 Å². The molecule has 1 saturated heterocycles. The van der Waals surface area contributed by atoms with Crippen molar-refractivity contribution in [2.24, 2.45) is 0 Å². The Balaban J connectivity index is 1.35. The van der Waals surface area contributed by atoms with Gasteiger partial charge in [0.1, 0.15) is 0 Å². The van der Waals surface area contributed by atoms with Gasteiger partial charge in [0.15, 0.2) is 0 Å². The fourth-order valence-electron chi connectivity index (χ4n) is 3.52. The molecule has 0 bridgehead atoms. The van der Waals surface area contributed by atoms with E-state index in [-0.39, 0.29) is 12.1 Å². The van der Waals surface area contributed by atoms with Crippen LogP contribution in [0.1, 0.15) is 26.2 Å². The van der Waals surface area contributed by atoms with Crippen molar-refractivity contribution in [3.63, 3.8) is 0 Å². The molecule has 3 rings (SSSR count). The van der Waals surface area contributed by atoms with E-state index >= 15 is 0 Å². The Bertz CT molecular complexity index is 585. The average Bonchev–Trinajstić information content (AvgIpc) is 3.16. The monoisotopic (exact) mass is 358 g/mol. The van der Waals surface area contributed by atoms with E-state index in [0.717, 1.165) is 58.1 Å². The van der Waals surface area contributed by atoms with Gasteiger partial charge in [0, 0.05) is 58.2 Å². The third-order valence-corrected chi connectivity index (χ3v) is 5.09. The summed E-state index contributed by atoms with van der Waals surface area (Å²) in [5.74, 6) is 0.806. The van der Waals surface area contributed by atoms with Crippen LogP contribution >= 0.6 is 0 Å². The van der Waals surface area contributed by atoms with Gasteiger partial charge in [0.05, 0.1) is 6.04 Å². The molecule has 0 spiro atoms. The number of anilines is 1. The largest absolute Gasteiger partial charge is 0.338 e. The van der Waals surface area contributed by atoms with Crippen LogP contribution in [-0.4, -0.2) is 77.7 Å². The van der Waals surface area contributed by atoms with Crippen molar-refractivity contribution in [1.82, 2.24) is 25.1 Å². The lowest BCUT2D eigenvalue weighted by atomic mass is 10.1. The zero-order chi connectivity index (χ0) is 18.2. The lowest BCUT2D eigenvalue weighted by Gasteiger charge is -2.34. The summed E-state index contributed by atoms with van der Waals surface area (Å²) in [4.78, 5) is 27.6. The highest BCUT2D eigenvalue weighted by atomic mass is 16.2. The van der Waals surface area contributed by atoms with Crippen molar-refractivity contribution >= 4 is 12.0 Å². The molecule has 2 amide bonds. The maximum absolute atomic E-state index is 12.4. The minimum absolute atomic E-state index is 0.0624. The lowest BCUT2D eigenvalue weighted by molar-refractivity contribution is 0.190. The molecule has 7 nitrogen and oxygen atoms in total. The second kappa shape index (κ2) is 9.52. The minimum Gasteiger partial charge on any atom is -0.338 e. The molecular weight excluding hydrogens is 328 g/mol. The van der Waals surface area contributed by atoms with Gasteiger partial charge in [-0.15, -0.1) is 0 Å². The first kappa shape index (κ1) is 18.6. The van der Waals surface area contributed by atoms with Crippen molar-refractivity contribution in [3.05, 3.63) is 30.6 Å². The van der Waals surface area contributed by atoms with E-state index in [1.54, 1.807) is 12.4 Å². The topological polar surface area (TPSA) is 64.6 Å². The predicted octanol–water partition coefficient (Wildman–Crippen LogP) is 1.74. The number of piperazine rings is 1. The first-order valence-corrected chi connectivity index (χ1v) is 9.73. The highest BCUT2D eigenvalue weighted by Crippen LogP contribution is 2.16. The first-order chi connectivity index (χ1) is 12.8. The average molecular weight is 358 g/mol. The molecule has 1 N–H and O–H groups in total. The van der Waals surface area contributed by atoms with Gasteiger partial charge in [-0.25, -0.2) is 14.8 Å². The summed E-state index contributed by atoms with van der Waals surface area (Å²) < 4.78 is 0. The zero-order valence-corrected chi connectivity index (χ0v) is 15.7. The molecule has 2 aliphatic rings. The summed E-state index contributed by atoms with van der Waals surface area (Å²) in [5.41, 5.74) is 0. The van der Waals surface area contributed by atoms with Crippen LogP contribution in [0.5, 0.6) is 0 Å². The third-order valence-electron chi connectivity index (χ3n) is 5.09. The van der Waals surface area contributed by atoms with Gasteiger partial charge >= 0.3 is 6.03 Å². The summed E-state index contributed by atoms with van der Waals surface area (Å²) in [6, 6.07) is 2.17. The van der Waals surface area contributed by atoms with E-state index in [2.05, 4.69) is 44.2 Å². The fraction of sp³-hybridized carbons (Fsp3) is 0.632. The molecule has 3 heterocycles. The smallest absolute Gasteiger partial charge is 0.318 e. The van der Waals surface area contributed by atoms with E-state index in [4.69, 9.17) is 0 Å². The molecule has 0 unspecified atom stereocenters. The molecule has 0 aliphatic carbocycles. The SMILES string of the molecule is CCCC[C@@H]1C=CCN1C(=O)NCCN1CCN(c2ncccn2)CC1. The molecule has 2 aliphatic heterocycles. The standard InChI is InChI=1S/C19H30N6O/c1-2-3-6-17-7-4-11-25(17)19(26)22-10-12-23-13-15-24(16-14-23)18-20-8-5-9-21-18/h4-5,7-9,17H,2-3,6,10-16H2,1H3,(H,22,26)/t17-/m1/s1. The number of urea groups is 1. The van der Waals surface area contributed by atoms with Crippen LogP contribution in [0.3, 0.4) is 0 Å². The number of aromatic nitrogens is 2. The summed E-state index contributed by atoms with van der Waals surface area (Å²) in [6.07, 6.45) is 11.2. The zero-order valence-electron chi connectivity index (χ0n) is 15.7. The number of carbonyl (C=O) groups is 1. The van der Waals surface area contributed by atoms with Gasteiger partial charge in [0.25, 0.3) is 0 Å². The number of nitrogens with one attached hydrogen (secondary N) is 1. The van der Waals surface area contributed by atoms with Crippen molar-refractivity contribution in [2.75, 3.05) is 50.7 Å². The first-order valence-electron chi connectivity index (χ1n) is 9.73. The summed E-state index contributed by atoms with van der Waals surface area (Å²) in [7, 11) is 0. The summed E-state index contributed by atoms with van der Waals surface area (Å²) >= 11 is 0. The van der Waals surface area contributed by atoms with Gasteiger partial charge in [-0.1, -0.05) is 31.9 Å². The Morgan fingerprint density at radius 1 is 1.23 bits per heavy atom. The van der Waals surface area contributed by atoms with Gasteiger partial charge < -0.3 is 15.1 Å². The van der Waals surface area contributed by atoms with E-state index in [1.165, 1.54) is 6.42 Å². The molecule has 0 saturated carbocycles. The van der Waals surface area contributed by atoms with Crippen LogP contribution < -0.4 is 10.2 Å². The quantitative estimate of drug-likeness (QED) is 0.752. The Morgan fingerprint density at radius 3 is 2.73 bits per heavy atom. The molecule has 26 heavy (non-hydrogen) atoms. The summed E-state index contributed by atoms with van der Waals surface area (Å²) in [6.45, 7) is 8.29. The number of unbranched alkanes of at least 4 members (excludes halogenated alkanes) is 1. The lowest BCUT2D eigenvalue weighted by Crippen LogP contribution is -2.50. The Morgan fingerprint density at radius 2 is 2.00 bits per heavy atom. The van der Waals surface area contributed by atoms with Crippen LogP contribution in [0.2, 0.25) is 0 Å². The fourth-order valence-corrected chi connectivity index (χ4v) is 3.52. The number of rotatable bonds is 7. The molecule has 7 heteroatoms. The maximum Gasteiger partial charge on any atom is 0.318 e. The number of nitrogens with zero attached hydrogens (tertiary/aromatic N) is 5. The van der Waals surface area contributed by atoms with Crippen molar-refractivity contribution in [1.29, 1.82) is 0 Å². The van der Waals surface area contributed by atoms with E-state index in [0.29, 0.717) is 6.54 Å².